The molecule has 2 aliphatic rings. The molecule has 0 radical (unpaired) electrons. The van der Waals surface area contributed by atoms with Crippen molar-refractivity contribution in [2.24, 2.45) is 0 Å². The molecule has 7 nitrogen and oxygen atoms in total. The number of hydrazine groups is 1. The van der Waals surface area contributed by atoms with E-state index in [1.54, 1.807) is 19.2 Å². The summed E-state index contributed by atoms with van der Waals surface area (Å²) in [5.74, 6) is 2.21. The van der Waals surface area contributed by atoms with Crippen LogP contribution in [0.5, 0.6) is 17.2 Å². The van der Waals surface area contributed by atoms with Crippen molar-refractivity contribution in [2.45, 2.75) is 50.8 Å². The average molecular weight is 470 g/mol. The second-order valence-electron chi connectivity index (χ2n) is 8.44. The van der Waals surface area contributed by atoms with Crippen molar-refractivity contribution in [3.05, 3.63) is 53.6 Å². The van der Waals surface area contributed by atoms with Crippen LogP contribution in [0.4, 0.5) is 0 Å². The van der Waals surface area contributed by atoms with Crippen molar-refractivity contribution >= 4 is 23.2 Å². The zero-order valence-electron chi connectivity index (χ0n) is 19.4. The van der Waals surface area contributed by atoms with Crippen LogP contribution < -0.4 is 19.5 Å². The van der Waals surface area contributed by atoms with Gasteiger partial charge in [0.1, 0.15) is 5.75 Å². The highest BCUT2D eigenvalue weighted by Gasteiger charge is 2.38. The molecule has 1 atom stereocenters. The maximum atomic E-state index is 12.9. The Balaban J connectivity index is 1.44. The Morgan fingerprint density at radius 1 is 1.06 bits per heavy atom. The first kappa shape index (κ1) is 23.3. The highest BCUT2D eigenvalue weighted by atomic mass is 32.1. The highest BCUT2D eigenvalue weighted by molar-refractivity contribution is 7.80. The fourth-order valence-electron chi connectivity index (χ4n) is 4.46. The molecule has 8 heteroatoms. The summed E-state index contributed by atoms with van der Waals surface area (Å²) in [5.41, 5.74) is 2.05. The van der Waals surface area contributed by atoms with Gasteiger partial charge in [0.15, 0.2) is 16.6 Å². The number of amides is 1. The van der Waals surface area contributed by atoms with Gasteiger partial charge in [-0.3, -0.25) is 4.79 Å². The molecule has 1 aliphatic heterocycles. The summed E-state index contributed by atoms with van der Waals surface area (Å²) < 4.78 is 17.0. The molecule has 0 spiro atoms. The zero-order valence-corrected chi connectivity index (χ0v) is 20.2. The van der Waals surface area contributed by atoms with E-state index in [4.69, 9.17) is 26.4 Å². The lowest BCUT2D eigenvalue weighted by Crippen LogP contribution is -2.47. The lowest BCUT2D eigenvalue weighted by molar-refractivity contribution is -0.130. The highest BCUT2D eigenvalue weighted by Crippen LogP contribution is 2.38. The van der Waals surface area contributed by atoms with Gasteiger partial charge in [-0.05, 0) is 73.3 Å². The summed E-state index contributed by atoms with van der Waals surface area (Å²) in [6.45, 7) is 0.521. The number of nitrogens with zero attached hydrogens (tertiary/aromatic N) is 2. The second kappa shape index (κ2) is 10.4. The van der Waals surface area contributed by atoms with Crippen LogP contribution >= 0.6 is 12.2 Å². The molecule has 1 saturated carbocycles. The molecular weight excluding hydrogens is 438 g/mol. The maximum Gasteiger partial charge on any atom is 0.245 e. The van der Waals surface area contributed by atoms with Crippen LogP contribution in [0.15, 0.2) is 42.5 Å². The molecule has 0 aromatic heterocycles. The van der Waals surface area contributed by atoms with E-state index in [9.17, 15) is 4.79 Å². The van der Waals surface area contributed by atoms with E-state index in [0.29, 0.717) is 23.8 Å². The van der Waals surface area contributed by atoms with E-state index in [0.717, 1.165) is 35.5 Å². The Morgan fingerprint density at radius 2 is 1.79 bits per heavy atom. The molecule has 1 aliphatic carbocycles. The molecule has 1 N–H and O–H groups in total. The number of rotatable bonds is 7. The van der Waals surface area contributed by atoms with Crippen LogP contribution in [0.1, 0.15) is 49.3 Å². The summed E-state index contributed by atoms with van der Waals surface area (Å²) in [7, 11) is 5.18. The molecule has 1 amide bonds. The molecule has 1 saturated heterocycles. The Morgan fingerprint density at radius 3 is 2.45 bits per heavy atom. The summed E-state index contributed by atoms with van der Waals surface area (Å²) in [6, 6.07) is 13.5. The van der Waals surface area contributed by atoms with E-state index in [1.807, 2.05) is 54.5 Å². The van der Waals surface area contributed by atoms with Crippen LogP contribution in [0, 0.1) is 0 Å². The minimum atomic E-state index is -0.130. The molecule has 4 rings (SSSR count). The second-order valence-corrected chi connectivity index (χ2v) is 8.83. The average Bonchev–Trinajstić information content (AvgIpc) is 3.45. The molecule has 0 bridgehead atoms. The van der Waals surface area contributed by atoms with E-state index in [-0.39, 0.29) is 18.1 Å². The lowest BCUT2D eigenvalue weighted by Gasteiger charge is -2.29. The molecule has 2 fully saturated rings. The smallest absolute Gasteiger partial charge is 0.245 e. The fourth-order valence-corrected chi connectivity index (χ4v) is 4.77. The number of methoxy groups -OCH3 is 2. The quantitative estimate of drug-likeness (QED) is 0.609. The molecule has 2 aromatic carbocycles. The van der Waals surface area contributed by atoms with E-state index in [2.05, 4.69) is 5.32 Å². The number of hydrogen-bond donors (Lipinski definition) is 1. The zero-order chi connectivity index (χ0) is 23.4. The van der Waals surface area contributed by atoms with Gasteiger partial charge in [0.2, 0.25) is 5.91 Å². The predicted molar refractivity (Wildman–Crippen MR) is 130 cm³/mol. The van der Waals surface area contributed by atoms with E-state index >= 15 is 0 Å². The molecule has 176 valence electrons. The van der Waals surface area contributed by atoms with Crippen LogP contribution in [0.3, 0.4) is 0 Å². The standard InChI is InChI=1S/C25H31N3O4S/c1-27-21(18-10-13-22(31-3)23(14-18)32-20-6-4-5-7-20)15-24(29)28(27)25(33)26-16-17-8-11-19(30-2)12-9-17/h8-14,20-21H,4-7,15-16H2,1-3H3,(H,26,33). The number of nitrogens with one attached hydrogen (secondary N) is 1. The van der Waals surface area contributed by atoms with Crippen molar-refractivity contribution in [1.82, 2.24) is 15.3 Å². The van der Waals surface area contributed by atoms with Crippen LogP contribution in [-0.4, -0.2) is 48.4 Å². The first-order valence-corrected chi connectivity index (χ1v) is 11.7. The first-order chi connectivity index (χ1) is 16.0. The van der Waals surface area contributed by atoms with Gasteiger partial charge in [-0.2, -0.15) is 0 Å². The van der Waals surface area contributed by atoms with Crippen molar-refractivity contribution in [3.8, 4) is 17.2 Å². The number of carbonyl (C=O) groups excluding carboxylic acids is 1. The Bertz CT molecular complexity index is 992. The number of carbonyl (C=O) groups is 1. The van der Waals surface area contributed by atoms with Gasteiger partial charge in [-0.1, -0.05) is 18.2 Å². The molecule has 1 unspecified atom stereocenters. The maximum absolute atomic E-state index is 12.9. The van der Waals surface area contributed by atoms with Gasteiger partial charge >= 0.3 is 0 Å². The fraction of sp³-hybridized carbons (Fsp3) is 0.440. The third kappa shape index (κ3) is 5.23. The first-order valence-electron chi connectivity index (χ1n) is 11.3. The number of ether oxygens (including phenoxy) is 3. The Kier molecular flexibility index (Phi) is 7.35. The van der Waals surface area contributed by atoms with E-state index in [1.165, 1.54) is 12.8 Å². The van der Waals surface area contributed by atoms with Gasteiger partial charge in [-0.15, -0.1) is 0 Å². The van der Waals surface area contributed by atoms with Gasteiger partial charge in [-0.25, -0.2) is 10.0 Å². The van der Waals surface area contributed by atoms with Crippen molar-refractivity contribution < 1.29 is 19.0 Å². The monoisotopic (exact) mass is 469 g/mol. The van der Waals surface area contributed by atoms with Gasteiger partial charge in [0, 0.05) is 13.6 Å². The third-order valence-electron chi connectivity index (χ3n) is 6.33. The third-order valence-corrected chi connectivity index (χ3v) is 6.65. The number of benzene rings is 2. The van der Waals surface area contributed by atoms with E-state index < -0.39 is 0 Å². The summed E-state index contributed by atoms with van der Waals surface area (Å²) in [6.07, 6.45) is 5.10. The van der Waals surface area contributed by atoms with Gasteiger partial charge in [0.05, 0.1) is 32.8 Å². The topological polar surface area (TPSA) is 63.3 Å². The minimum absolute atomic E-state index is 0.0381. The Labute approximate surface area is 200 Å². The lowest BCUT2D eigenvalue weighted by atomic mass is 10.0. The number of thiocarbonyl (C=S) groups is 1. The van der Waals surface area contributed by atoms with Crippen molar-refractivity contribution in [3.63, 3.8) is 0 Å². The largest absolute Gasteiger partial charge is 0.497 e. The molecule has 33 heavy (non-hydrogen) atoms. The molecule has 1 heterocycles. The molecule has 2 aromatic rings. The SMILES string of the molecule is COc1ccc(CNC(=S)N2C(=O)CC(c3ccc(OC)c(OC4CCCC4)c3)N2C)cc1. The van der Waals surface area contributed by atoms with Crippen molar-refractivity contribution in [2.75, 3.05) is 21.3 Å². The van der Waals surface area contributed by atoms with Crippen LogP contribution in [0.25, 0.3) is 0 Å². The van der Waals surface area contributed by atoms with Crippen molar-refractivity contribution in [1.29, 1.82) is 0 Å². The summed E-state index contributed by atoms with van der Waals surface area (Å²) in [4.78, 5) is 12.9. The normalized spacial score (nSPS) is 19.1. The predicted octanol–water partition coefficient (Wildman–Crippen LogP) is 4.22. The summed E-state index contributed by atoms with van der Waals surface area (Å²) in [5, 5.41) is 7.03. The minimum Gasteiger partial charge on any atom is -0.497 e. The summed E-state index contributed by atoms with van der Waals surface area (Å²) >= 11 is 5.56. The molecular formula is C25H31N3O4S. The Hall–Kier alpha value is -2.84. The van der Waals surface area contributed by atoms with Gasteiger partial charge in [0.25, 0.3) is 0 Å². The van der Waals surface area contributed by atoms with Crippen LogP contribution in [-0.2, 0) is 11.3 Å². The van der Waals surface area contributed by atoms with Crippen LogP contribution in [0.2, 0.25) is 0 Å². The van der Waals surface area contributed by atoms with Gasteiger partial charge < -0.3 is 19.5 Å². The number of hydrogen-bond acceptors (Lipinski definition) is 6.